The Hall–Kier alpha value is -3.17. The SMILES string of the molecule is COc1cccc(C(=O)N/N=C/c2cc(Br)cc(Br)c2OCC(=O)Nc2ccc(C)cc2C)c1. The predicted octanol–water partition coefficient (Wildman–Crippen LogP) is 5.62. The van der Waals surface area contributed by atoms with Crippen LogP contribution in [-0.4, -0.2) is 31.7 Å². The molecule has 0 aliphatic heterocycles. The molecule has 0 aliphatic rings. The predicted molar refractivity (Wildman–Crippen MR) is 140 cm³/mol. The Morgan fingerprint density at radius 1 is 1.06 bits per heavy atom. The fraction of sp³-hybridized carbons (Fsp3) is 0.160. The number of nitrogens with zero attached hydrogens (tertiary/aromatic N) is 1. The van der Waals surface area contributed by atoms with Crippen LogP contribution in [0.3, 0.4) is 0 Å². The number of hydrazone groups is 1. The number of anilines is 1. The van der Waals surface area contributed by atoms with E-state index >= 15 is 0 Å². The van der Waals surface area contributed by atoms with Crippen LogP contribution in [0.15, 0.2) is 68.6 Å². The van der Waals surface area contributed by atoms with E-state index in [2.05, 4.69) is 47.7 Å². The van der Waals surface area contributed by atoms with E-state index in [1.165, 1.54) is 13.3 Å². The Bertz CT molecular complexity index is 1240. The molecular formula is C25H23Br2N3O4. The van der Waals surface area contributed by atoms with Crippen LogP contribution in [0.1, 0.15) is 27.0 Å². The minimum atomic E-state index is -0.389. The largest absolute Gasteiger partial charge is 0.497 e. The minimum absolute atomic E-state index is 0.204. The summed E-state index contributed by atoms with van der Waals surface area (Å²) in [6.07, 6.45) is 1.45. The molecule has 0 spiro atoms. The van der Waals surface area contributed by atoms with Crippen molar-refractivity contribution in [1.29, 1.82) is 0 Å². The van der Waals surface area contributed by atoms with Gasteiger partial charge in [0.2, 0.25) is 0 Å². The Morgan fingerprint density at radius 2 is 1.85 bits per heavy atom. The van der Waals surface area contributed by atoms with Crippen molar-refractivity contribution in [2.45, 2.75) is 13.8 Å². The third-order valence-corrected chi connectivity index (χ3v) is 5.79. The normalized spacial score (nSPS) is 10.7. The molecule has 0 atom stereocenters. The molecule has 0 fully saturated rings. The fourth-order valence-corrected chi connectivity index (χ4v) is 4.47. The second-order valence-electron chi connectivity index (χ2n) is 7.39. The van der Waals surface area contributed by atoms with Gasteiger partial charge in [-0.15, -0.1) is 0 Å². The van der Waals surface area contributed by atoms with Crippen LogP contribution in [0.4, 0.5) is 5.69 Å². The number of hydrogen-bond donors (Lipinski definition) is 2. The lowest BCUT2D eigenvalue weighted by Gasteiger charge is -2.13. The number of benzene rings is 3. The number of carbonyl (C=O) groups excluding carboxylic acids is 2. The number of carbonyl (C=O) groups is 2. The van der Waals surface area contributed by atoms with Crippen LogP contribution in [0, 0.1) is 13.8 Å². The Labute approximate surface area is 214 Å². The number of aryl methyl sites for hydroxylation is 2. The van der Waals surface area contributed by atoms with Crippen LogP contribution >= 0.6 is 31.9 Å². The minimum Gasteiger partial charge on any atom is -0.497 e. The quantitative estimate of drug-likeness (QED) is 0.264. The Kier molecular flexibility index (Phi) is 8.84. The maximum atomic E-state index is 12.5. The van der Waals surface area contributed by atoms with Crippen molar-refractivity contribution in [3.8, 4) is 11.5 Å². The zero-order chi connectivity index (χ0) is 24.7. The molecular weight excluding hydrogens is 566 g/mol. The molecule has 0 saturated heterocycles. The van der Waals surface area contributed by atoms with Gasteiger partial charge in [0.15, 0.2) is 6.61 Å². The van der Waals surface area contributed by atoms with Gasteiger partial charge in [0.05, 0.1) is 17.8 Å². The zero-order valence-corrected chi connectivity index (χ0v) is 22.0. The first-order valence-corrected chi connectivity index (χ1v) is 11.8. The molecule has 3 aromatic rings. The summed E-state index contributed by atoms with van der Waals surface area (Å²) in [5, 5.41) is 6.90. The van der Waals surface area contributed by atoms with Crippen LogP contribution in [0.25, 0.3) is 0 Å². The van der Waals surface area contributed by atoms with E-state index in [0.29, 0.717) is 27.1 Å². The maximum absolute atomic E-state index is 12.5. The molecule has 0 radical (unpaired) electrons. The molecule has 3 aromatic carbocycles. The number of amides is 2. The lowest BCUT2D eigenvalue weighted by Crippen LogP contribution is -2.21. The highest BCUT2D eigenvalue weighted by Crippen LogP contribution is 2.32. The topological polar surface area (TPSA) is 89.0 Å². The number of rotatable bonds is 8. The summed E-state index contributed by atoms with van der Waals surface area (Å²) in [5.74, 6) is 0.302. The molecule has 0 unspecified atom stereocenters. The van der Waals surface area contributed by atoms with Gasteiger partial charge in [-0.05, 0) is 71.7 Å². The Balaban J connectivity index is 1.69. The fourth-order valence-electron chi connectivity index (χ4n) is 3.10. The van der Waals surface area contributed by atoms with E-state index in [4.69, 9.17) is 9.47 Å². The van der Waals surface area contributed by atoms with Crippen LogP contribution in [0.5, 0.6) is 11.5 Å². The summed E-state index contributed by atoms with van der Waals surface area (Å²) >= 11 is 6.89. The van der Waals surface area contributed by atoms with Crippen LogP contribution in [-0.2, 0) is 4.79 Å². The summed E-state index contributed by atoms with van der Waals surface area (Å²) in [5.41, 5.74) is 6.27. The van der Waals surface area contributed by atoms with Gasteiger partial charge in [0.25, 0.3) is 11.8 Å². The van der Waals surface area contributed by atoms with Crippen molar-refractivity contribution in [1.82, 2.24) is 5.43 Å². The molecule has 3 rings (SSSR count). The van der Waals surface area contributed by atoms with Gasteiger partial charge in [-0.3, -0.25) is 9.59 Å². The van der Waals surface area contributed by atoms with Crippen molar-refractivity contribution in [3.63, 3.8) is 0 Å². The van der Waals surface area contributed by atoms with Crippen molar-refractivity contribution in [3.05, 3.63) is 85.8 Å². The standard InChI is InChI=1S/C25H23Br2N3O4/c1-15-7-8-22(16(2)9-15)29-23(31)14-34-24-18(10-19(26)12-21(24)27)13-28-30-25(32)17-5-4-6-20(11-17)33-3/h4-13H,14H2,1-3H3,(H,29,31)(H,30,32)/b28-13+. The van der Waals surface area contributed by atoms with Gasteiger partial charge in [0, 0.05) is 21.3 Å². The van der Waals surface area contributed by atoms with E-state index in [0.717, 1.165) is 21.3 Å². The van der Waals surface area contributed by atoms with Crippen LogP contribution < -0.4 is 20.2 Å². The number of nitrogens with one attached hydrogen (secondary N) is 2. The first-order chi connectivity index (χ1) is 16.3. The van der Waals surface area contributed by atoms with Gasteiger partial charge < -0.3 is 14.8 Å². The highest BCUT2D eigenvalue weighted by Gasteiger charge is 2.13. The number of methoxy groups -OCH3 is 1. The molecule has 0 heterocycles. The van der Waals surface area contributed by atoms with Gasteiger partial charge >= 0.3 is 0 Å². The van der Waals surface area contributed by atoms with Crippen molar-refractivity contribution < 1.29 is 19.1 Å². The first kappa shape index (κ1) is 25.5. The van der Waals surface area contributed by atoms with Crippen LogP contribution in [0.2, 0.25) is 0 Å². The molecule has 2 N–H and O–H groups in total. The zero-order valence-electron chi connectivity index (χ0n) is 18.8. The third-order valence-electron chi connectivity index (χ3n) is 4.74. The van der Waals surface area contributed by atoms with E-state index in [9.17, 15) is 9.59 Å². The molecule has 176 valence electrons. The molecule has 0 saturated carbocycles. The van der Waals surface area contributed by atoms with Crippen molar-refractivity contribution in [2.75, 3.05) is 19.0 Å². The first-order valence-electron chi connectivity index (χ1n) is 10.2. The summed E-state index contributed by atoms with van der Waals surface area (Å²) in [6.45, 7) is 3.72. The average molecular weight is 589 g/mol. The number of ether oxygens (including phenoxy) is 2. The monoisotopic (exact) mass is 587 g/mol. The average Bonchev–Trinajstić information content (AvgIpc) is 2.80. The van der Waals surface area contributed by atoms with E-state index in [-0.39, 0.29) is 18.4 Å². The summed E-state index contributed by atoms with van der Waals surface area (Å²) < 4.78 is 12.3. The molecule has 0 aromatic heterocycles. The van der Waals surface area contributed by atoms with Gasteiger partial charge in [-0.25, -0.2) is 5.43 Å². The lowest BCUT2D eigenvalue weighted by atomic mass is 10.1. The van der Waals surface area contributed by atoms with Gasteiger partial charge in [-0.2, -0.15) is 5.10 Å². The summed E-state index contributed by atoms with van der Waals surface area (Å²) in [6, 6.07) is 16.1. The molecule has 9 heteroatoms. The summed E-state index contributed by atoms with van der Waals surface area (Å²) in [7, 11) is 1.53. The Morgan fingerprint density at radius 3 is 2.59 bits per heavy atom. The smallest absolute Gasteiger partial charge is 0.271 e. The molecule has 0 bridgehead atoms. The van der Waals surface area contributed by atoms with Gasteiger partial charge in [0.1, 0.15) is 11.5 Å². The van der Waals surface area contributed by atoms with Gasteiger partial charge in [-0.1, -0.05) is 39.7 Å². The molecule has 34 heavy (non-hydrogen) atoms. The third kappa shape index (κ3) is 6.91. The second-order valence-corrected chi connectivity index (χ2v) is 9.16. The van der Waals surface area contributed by atoms with Crippen molar-refractivity contribution in [2.24, 2.45) is 5.10 Å². The number of halogens is 2. The van der Waals surface area contributed by atoms with E-state index in [1.807, 2.05) is 32.0 Å². The molecule has 2 amide bonds. The lowest BCUT2D eigenvalue weighted by molar-refractivity contribution is -0.118. The van der Waals surface area contributed by atoms with Crippen molar-refractivity contribution >= 4 is 55.6 Å². The second kappa shape index (κ2) is 11.8. The highest BCUT2D eigenvalue weighted by molar-refractivity contribution is 9.11. The van der Waals surface area contributed by atoms with E-state index < -0.39 is 0 Å². The molecule has 7 nitrogen and oxygen atoms in total. The highest BCUT2D eigenvalue weighted by atomic mass is 79.9. The summed E-state index contributed by atoms with van der Waals surface area (Å²) in [4.78, 5) is 24.8. The maximum Gasteiger partial charge on any atom is 0.271 e. The van der Waals surface area contributed by atoms with E-state index in [1.54, 1.807) is 36.4 Å². The number of hydrogen-bond acceptors (Lipinski definition) is 5. The molecule has 0 aliphatic carbocycles.